The van der Waals surface area contributed by atoms with E-state index in [0.717, 1.165) is 0 Å². The van der Waals surface area contributed by atoms with Crippen molar-refractivity contribution in [2.24, 2.45) is 5.73 Å². The second kappa shape index (κ2) is 9.09. The largest absolute Gasteiger partial charge is 0.392 e. The zero-order chi connectivity index (χ0) is 15.2. The molecule has 122 valence electrons. The summed E-state index contributed by atoms with van der Waals surface area (Å²) < 4.78 is 15.7. The number of nitrogens with zero attached hydrogens (tertiary/aromatic N) is 3. The summed E-state index contributed by atoms with van der Waals surface area (Å²) in [7, 11) is 0. The van der Waals surface area contributed by atoms with Crippen LogP contribution < -0.4 is 5.73 Å². The number of benzene rings is 1. The molecule has 0 radical (unpaired) electrons. The quantitative estimate of drug-likeness (QED) is 0.751. The van der Waals surface area contributed by atoms with Crippen molar-refractivity contribution in [2.75, 3.05) is 12.3 Å². The van der Waals surface area contributed by atoms with Gasteiger partial charge in [-0.1, -0.05) is 30.8 Å². The van der Waals surface area contributed by atoms with Crippen molar-refractivity contribution >= 4 is 24.2 Å². The second-order valence-electron chi connectivity index (χ2n) is 4.60. The first-order chi connectivity index (χ1) is 10.2. The Morgan fingerprint density at radius 1 is 1.36 bits per heavy atom. The Balaban J connectivity index is 0.00000242. The van der Waals surface area contributed by atoms with Gasteiger partial charge in [-0.05, 0) is 25.1 Å². The van der Waals surface area contributed by atoms with Crippen molar-refractivity contribution in [3.63, 3.8) is 0 Å². The molecule has 22 heavy (non-hydrogen) atoms. The highest BCUT2D eigenvalue weighted by Crippen LogP contribution is 2.24. The number of aromatic nitrogens is 3. The molecule has 2 aromatic rings. The Hall–Kier alpha value is -1.15. The van der Waals surface area contributed by atoms with Crippen LogP contribution in [0.2, 0.25) is 0 Å². The van der Waals surface area contributed by atoms with Crippen molar-refractivity contribution in [2.45, 2.75) is 31.0 Å². The van der Waals surface area contributed by atoms with E-state index in [-0.39, 0.29) is 18.2 Å². The Morgan fingerprint density at radius 2 is 2.09 bits per heavy atom. The molecule has 0 bridgehead atoms. The Kier molecular flexibility index (Phi) is 7.81. The monoisotopic (exact) mass is 346 g/mol. The minimum atomic E-state index is -0.418. The van der Waals surface area contributed by atoms with E-state index in [9.17, 15) is 9.50 Å². The van der Waals surface area contributed by atoms with Crippen LogP contribution in [0.1, 0.15) is 19.2 Å². The smallest absolute Gasteiger partial charge is 0.196 e. The summed E-state index contributed by atoms with van der Waals surface area (Å²) in [4.78, 5) is 0. The molecular formula is C14H20ClFN4OS. The minimum absolute atomic E-state index is 0. The SMILES string of the molecule is CCC(O)CSc1nnc(CCN)n1-c1ccccc1F.Cl. The summed E-state index contributed by atoms with van der Waals surface area (Å²) in [6.07, 6.45) is 0.757. The van der Waals surface area contributed by atoms with E-state index < -0.39 is 6.10 Å². The summed E-state index contributed by atoms with van der Waals surface area (Å²) >= 11 is 1.36. The number of halogens is 2. The molecule has 1 atom stereocenters. The fourth-order valence-electron chi connectivity index (χ4n) is 1.85. The molecule has 3 N–H and O–H groups in total. The summed E-state index contributed by atoms with van der Waals surface area (Å²) in [5.74, 6) is 0.774. The molecule has 0 fully saturated rings. The van der Waals surface area contributed by atoms with Gasteiger partial charge in [0.15, 0.2) is 5.16 Å². The molecular weight excluding hydrogens is 327 g/mol. The molecule has 0 saturated carbocycles. The van der Waals surface area contributed by atoms with Crippen molar-refractivity contribution in [3.05, 3.63) is 35.9 Å². The van der Waals surface area contributed by atoms with Gasteiger partial charge in [0.25, 0.3) is 0 Å². The molecule has 1 unspecified atom stereocenters. The average Bonchev–Trinajstić information content (AvgIpc) is 2.88. The van der Waals surface area contributed by atoms with E-state index in [1.165, 1.54) is 17.8 Å². The molecule has 2 rings (SSSR count). The number of aliphatic hydroxyl groups is 1. The van der Waals surface area contributed by atoms with Crippen molar-refractivity contribution in [1.82, 2.24) is 14.8 Å². The van der Waals surface area contributed by atoms with Crippen LogP contribution in [-0.4, -0.2) is 38.3 Å². The Morgan fingerprint density at radius 3 is 2.73 bits per heavy atom. The number of aliphatic hydroxyl groups excluding tert-OH is 1. The van der Waals surface area contributed by atoms with E-state index >= 15 is 0 Å². The Bertz CT molecular complexity index is 596. The van der Waals surface area contributed by atoms with E-state index in [1.54, 1.807) is 22.8 Å². The minimum Gasteiger partial charge on any atom is -0.392 e. The molecule has 0 aliphatic rings. The maximum Gasteiger partial charge on any atom is 0.196 e. The highest BCUT2D eigenvalue weighted by atomic mass is 35.5. The number of para-hydroxylation sites is 1. The van der Waals surface area contributed by atoms with Crippen molar-refractivity contribution in [1.29, 1.82) is 0 Å². The van der Waals surface area contributed by atoms with Crippen LogP contribution in [-0.2, 0) is 6.42 Å². The molecule has 1 aromatic heterocycles. The van der Waals surface area contributed by atoms with Gasteiger partial charge < -0.3 is 10.8 Å². The molecule has 0 saturated heterocycles. The van der Waals surface area contributed by atoms with Gasteiger partial charge in [0, 0.05) is 12.2 Å². The third-order valence-electron chi connectivity index (χ3n) is 3.04. The lowest BCUT2D eigenvalue weighted by Gasteiger charge is -2.11. The maximum atomic E-state index is 14.1. The summed E-state index contributed by atoms with van der Waals surface area (Å²) in [5, 5.41) is 18.4. The van der Waals surface area contributed by atoms with Crippen molar-refractivity contribution < 1.29 is 9.50 Å². The molecule has 1 aromatic carbocycles. The zero-order valence-corrected chi connectivity index (χ0v) is 13.9. The Labute approximate surface area is 139 Å². The predicted octanol–water partition coefficient (Wildman–Crippen LogP) is 2.19. The van der Waals surface area contributed by atoms with E-state index in [0.29, 0.717) is 41.8 Å². The van der Waals surface area contributed by atoms with Gasteiger partial charge in [-0.15, -0.1) is 22.6 Å². The molecule has 1 heterocycles. The first kappa shape index (κ1) is 18.9. The van der Waals surface area contributed by atoms with Crippen LogP contribution in [0.4, 0.5) is 4.39 Å². The van der Waals surface area contributed by atoms with Crippen LogP contribution in [0.3, 0.4) is 0 Å². The van der Waals surface area contributed by atoms with Crippen molar-refractivity contribution in [3.8, 4) is 5.69 Å². The van der Waals surface area contributed by atoms with E-state index in [4.69, 9.17) is 5.73 Å². The fourth-order valence-corrected chi connectivity index (χ4v) is 2.86. The van der Waals surface area contributed by atoms with Crippen LogP contribution in [0.5, 0.6) is 0 Å². The number of hydrogen-bond donors (Lipinski definition) is 2. The lowest BCUT2D eigenvalue weighted by molar-refractivity contribution is 0.195. The number of hydrogen-bond acceptors (Lipinski definition) is 5. The average molecular weight is 347 g/mol. The van der Waals surface area contributed by atoms with Gasteiger partial charge in [0.2, 0.25) is 0 Å². The van der Waals surface area contributed by atoms with Gasteiger partial charge in [0.1, 0.15) is 11.6 Å². The van der Waals surface area contributed by atoms with Gasteiger partial charge in [-0.2, -0.15) is 0 Å². The lowest BCUT2D eigenvalue weighted by atomic mass is 10.3. The van der Waals surface area contributed by atoms with Gasteiger partial charge in [-0.3, -0.25) is 4.57 Å². The first-order valence-electron chi connectivity index (χ1n) is 6.87. The standard InChI is InChI=1S/C14H19FN4OS.ClH/c1-2-10(20)9-21-14-18-17-13(7-8-16)19(14)12-6-4-3-5-11(12)15;/h3-6,10,20H,2,7-9,16H2,1H3;1H. The number of nitrogens with two attached hydrogens (primary N) is 1. The van der Waals surface area contributed by atoms with Crippen LogP contribution in [0.25, 0.3) is 5.69 Å². The van der Waals surface area contributed by atoms with Crippen LogP contribution in [0.15, 0.2) is 29.4 Å². The van der Waals surface area contributed by atoms with Crippen LogP contribution >= 0.6 is 24.2 Å². The highest BCUT2D eigenvalue weighted by Gasteiger charge is 2.17. The number of thioether (sulfide) groups is 1. The predicted molar refractivity (Wildman–Crippen MR) is 88.3 cm³/mol. The topological polar surface area (TPSA) is 77.0 Å². The third-order valence-corrected chi connectivity index (χ3v) is 4.11. The third kappa shape index (κ3) is 4.42. The molecule has 0 aliphatic heterocycles. The number of rotatable bonds is 7. The van der Waals surface area contributed by atoms with Gasteiger partial charge in [-0.25, -0.2) is 4.39 Å². The molecule has 8 heteroatoms. The molecule has 0 aliphatic carbocycles. The van der Waals surface area contributed by atoms with Crippen LogP contribution in [0, 0.1) is 5.82 Å². The lowest BCUT2D eigenvalue weighted by Crippen LogP contribution is -2.12. The second-order valence-corrected chi connectivity index (χ2v) is 5.58. The molecule has 0 amide bonds. The summed E-state index contributed by atoms with van der Waals surface area (Å²) in [6.45, 7) is 2.32. The van der Waals surface area contributed by atoms with E-state index in [1.807, 2.05) is 6.92 Å². The first-order valence-corrected chi connectivity index (χ1v) is 7.86. The highest BCUT2D eigenvalue weighted by molar-refractivity contribution is 7.99. The van der Waals surface area contributed by atoms with E-state index in [2.05, 4.69) is 10.2 Å². The van der Waals surface area contributed by atoms with Gasteiger partial charge in [0.05, 0.1) is 11.8 Å². The maximum absolute atomic E-state index is 14.1. The summed E-state index contributed by atoms with van der Waals surface area (Å²) in [5.41, 5.74) is 5.98. The fraction of sp³-hybridized carbons (Fsp3) is 0.429. The van der Waals surface area contributed by atoms with Gasteiger partial charge >= 0.3 is 0 Å². The molecule has 0 spiro atoms. The zero-order valence-electron chi connectivity index (χ0n) is 12.3. The summed E-state index contributed by atoms with van der Waals surface area (Å²) in [6, 6.07) is 6.48. The molecule has 5 nitrogen and oxygen atoms in total. The normalized spacial score (nSPS) is 12.0.